The van der Waals surface area contributed by atoms with Gasteiger partial charge in [0.25, 0.3) is 10.1 Å². The zero-order valence-corrected chi connectivity index (χ0v) is 8.54. The molecule has 0 aliphatic carbocycles. The molecule has 6 nitrogen and oxygen atoms in total. The van der Waals surface area contributed by atoms with E-state index in [9.17, 15) is 13.2 Å². The number of carbonyl (C=O) groups is 1. The number of amides is 1. The average Bonchev–Trinajstić information content (AvgIpc) is 2.00. The minimum atomic E-state index is -4.26. The second-order valence-corrected chi connectivity index (χ2v) is 4.59. The van der Waals surface area contributed by atoms with Gasteiger partial charge in [0.1, 0.15) is 5.75 Å². The van der Waals surface area contributed by atoms with Crippen molar-refractivity contribution in [1.29, 1.82) is 0 Å². The van der Waals surface area contributed by atoms with E-state index in [1.807, 2.05) is 0 Å². The normalized spacial score (nSPS) is 15.6. The van der Waals surface area contributed by atoms with Crippen molar-refractivity contribution in [1.82, 2.24) is 5.32 Å². The Bertz CT molecular complexity index is 323. The Balaban J connectivity index is 4.64. The molecule has 0 aromatic carbocycles. The summed E-state index contributed by atoms with van der Waals surface area (Å²) in [6.07, 6.45) is 0.942. The highest BCUT2D eigenvalue weighted by atomic mass is 32.2. The van der Waals surface area contributed by atoms with Crippen LogP contribution in [0.3, 0.4) is 0 Å². The molecule has 1 unspecified atom stereocenters. The molecule has 0 aromatic rings. The first-order valence-corrected chi connectivity index (χ1v) is 5.34. The fourth-order valence-electron chi connectivity index (χ4n) is 0.872. The second kappa shape index (κ2) is 4.54. The van der Waals surface area contributed by atoms with Gasteiger partial charge in [-0.05, 0) is 13.0 Å². The number of hydrogen-bond acceptors (Lipinski definition) is 4. The molecule has 0 radical (unpaired) electrons. The van der Waals surface area contributed by atoms with Crippen molar-refractivity contribution >= 4 is 16.0 Å². The van der Waals surface area contributed by atoms with Crippen LogP contribution in [0.2, 0.25) is 0 Å². The Morgan fingerprint density at radius 3 is 2.43 bits per heavy atom. The first-order chi connectivity index (χ1) is 6.22. The molecule has 0 aliphatic rings. The molecule has 0 spiro atoms. The van der Waals surface area contributed by atoms with E-state index in [4.69, 9.17) is 9.66 Å². The van der Waals surface area contributed by atoms with E-state index in [1.165, 1.54) is 6.92 Å². The van der Waals surface area contributed by atoms with Gasteiger partial charge in [0.05, 0.1) is 12.1 Å². The predicted octanol–water partition coefficient (Wildman–Crippen LogP) is -1.07. The SMILES string of the molecule is C=CC(=O)NC(C)(CO)CS(=O)(=O)O. The predicted molar refractivity (Wildman–Crippen MR) is 50.2 cm³/mol. The highest BCUT2D eigenvalue weighted by Crippen LogP contribution is 2.06. The molecule has 0 heterocycles. The molecule has 0 aromatic heterocycles. The van der Waals surface area contributed by atoms with Crippen LogP contribution in [-0.2, 0) is 14.9 Å². The maximum absolute atomic E-state index is 10.9. The van der Waals surface area contributed by atoms with Crippen molar-refractivity contribution in [2.24, 2.45) is 0 Å². The molecule has 14 heavy (non-hydrogen) atoms. The van der Waals surface area contributed by atoms with Crippen LogP contribution in [0, 0.1) is 0 Å². The minimum Gasteiger partial charge on any atom is -0.394 e. The summed E-state index contributed by atoms with van der Waals surface area (Å²) in [6, 6.07) is 0. The average molecular weight is 223 g/mol. The lowest BCUT2D eigenvalue weighted by atomic mass is 10.1. The second-order valence-electron chi connectivity index (χ2n) is 3.14. The Morgan fingerprint density at radius 2 is 2.14 bits per heavy atom. The van der Waals surface area contributed by atoms with Crippen molar-refractivity contribution in [2.45, 2.75) is 12.5 Å². The minimum absolute atomic E-state index is 0.605. The van der Waals surface area contributed by atoms with E-state index in [0.717, 1.165) is 6.08 Å². The lowest BCUT2D eigenvalue weighted by molar-refractivity contribution is -0.118. The molecule has 0 bridgehead atoms. The van der Waals surface area contributed by atoms with E-state index in [0.29, 0.717) is 0 Å². The topological polar surface area (TPSA) is 104 Å². The third-order valence-electron chi connectivity index (χ3n) is 1.46. The lowest BCUT2D eigenvalue weighted by Crippen LogP contribution is -2.53. The van der Waals surface area contributed by atoms with Gasteiger partial charge in [-0.15, -0.1) is 0 Å². The van der Waals surface area contributed by atoms with E-state index in [1.54, 1.807) is 0 Å². The molecule has 3 N–H and O–H groups in total. The zero-order chi connectivity index (χ0) is 11.4. The van der Waals surface area contributed by atoms with Gasteiger partial charge in [-0.2, -0.15) is 8.42 Å². The van der Waals surface area contributed by atoms with Crippen molar-refractivity contribution in [3.8, 4) is 0 Å². The highest BCUT2D eigenvalue weighted by molar-refractivity contribution is 7.85. The summed E-state index contributed by atoms with van der Waals surface area (Å²) < 4.78 is 29.6. The quantitative estimate of drug-likeness (QED) is 0.406. The van der Waals surface area contributed by atoms with Crippen molar-refractivity contribution in [2.75, 3.05) is 12.4 Å². The fraction of sp³-hybridized carbons (Fsp3) is 0.571. The van der Waals surface area contributed by atoms with Gasteiger partial charge < -0.3 is 10.4 Å². The summed E-state index contributed by atoms with van der Waals surface area (Å²) in [6.45, 7) is 3.86. The molecule has 0 rings (SSSR count). The lowest BCUT2D eigenvalue weighted by Gasteiger charge is -2.26. The molecule has 0 saturated heterocycles. The number of aliphatic hydroxyl groups excluding tert-OH is 1. The van der Waals surface area contributed by atoms with Gasteiger partial charge >= 0.3 is 0 Å². The van der Waals surface area contributed by atoms with Crippen LogP contribution >= 0.6 is 0 Å². The molecule has 82 valence electrons. The van der Waals surface area contributed by atoms with Crippen LogP contribution in [0.25, 0.3) is 0 Å². The number of nitrogens with one attached hydrogen (secondary N) is 1. The van der Waals surface area contributed by atoms with Gasteiger partial charge in [0.15, 0.2) is 0 Å². The molecule has 1 amide bonds. The summed E-state index contributed by atoms with van der Waals surface area (Å²) in [5, 5.41) is 11.1. The third kappa shape index (κ3) is 4.95. The van der Waals surface area contributed by atoms with E-state index in [-0.39, 0.29) is 0 Å². The zero-order valence-electron chi connectivity index (χ0n) is 7.73. The van der Waals surface area contributed by atoms with Gasteiger partial charge in [0.2, 0.25) is 5.91 Å². The van der Waals surface area contributed by atoms with E-state index in [2.05, 4.69) is 11.9 Å². The molecule has 1 atom stereocenters. The van der Waals surface area contributed by atoms with E-state index >= 15 is 0 Å². The number of carbonyl (C=O) groups excluding carboxylic acids is 1. The highest BCUT2D eigenvalue weighted by Gasteiger charge is 2.30. The molecule has 0 aliphatic heterocycles. The Labute approximate surface area is 82.4 Å². The van der Waals surface area contributed by atoms with Crippen LogP contribution in [0.1, 0.15) is 6.92 Å². The maximum Gasteiger partial charge on any atom is 0.267 e. The van der Waals surface area contributed by atoms with Gasteiger partial charge in [-0.3, -0.25) is 9.35 Å². The van der Waals surface area contributed by atoms with Gasteiger partial charge in [-0.1, -0.05) is 6.58 Å². The van der Waals surface area contributed by atoms with Crippen LogP contribution in [0.15, 0.2) is 12.7 Å². The van der Waals surface area contributed by atoms with Crippen molar-refractivity contribution < 1.29 is 22.9 Å². The summed E-state index contributed by atoms with van der Waals surface area (Å²) in [5.41, 5.74) is -1.40. The smallest absolute Gasteiger partial charge is 0.267 e. The molecular formula is C7H13NO5S. The number of hydrogen-bond donors (Lipinski definition) is 3. The third-order valence-corrected chi connectivity index (χ3v) is 2.46. The van der Waals surface area contributed by atoms with Crippen LogP contribution in [0.4, 0.5) is 0 Å². The van der Waals surface area contributed by atoms with Gasteiger partial charge in [-0.25, -0.2) is 0 Å². The summed E-state index contributed by atoms with van der Waals surface area (Å²) in [7, 11) is -4.26. The van der Waals surface area contributed by atoms with Crippen LogP contribution in [-0.4, -0.2) is 41.9 Å². The monoisotopic (exact) mass is 223 g/mol. The van der Waals surface area contributed by atoms with Crippen molar-refractivity contribution in [3.63, 3.8) is 0 Å². The fourth-order valence-corrected chi connectivity index (χ4v) is 1.84. The van der Waals surface area contributed by atoms with Crippen molar-refractivity contribution in [3.05, 3.63) is 12.7 Å². The first-order valence-electron chi connectivity index (χ1n) is 3.73. The Kier molecular flexibility index (Phi) is 4.24. The summed E-state index contributed by atoms with van der Waals surface area (Å²) in [5.74, 6) is -1.37. The summed E-state index contributed by atoms with van der Waals surface area (Å²) in [4.78, 5) is 10.9. The molecular weight excluding hydrogens is 210 g/mol. The van der Waals surface area contributed by atoms with Crippen LogP contribution in [0.5, 0.6) is 0 Å². The number of aliphatic hydroxyl groups is 1. The Hall–Kier alpha value is -0.920. The molecule has 0 saturated carbocycles. The number of rotatable bonds is 5. The Morgan fingerprint density at radius 1 is 1.64 bits per heavy atom. The first kappa shape index (κ1) is 13.1. The molecule has 7 heteroatoms. The standard InChI is InChI=1S/C7H13NO5S/c1-3-6(10)8-7(2,4-9)5-14(11,12)13/h3,9H,1,4-5H2,2H3,(H,8,10)(H,11,12,13). The van der Waals surface area contributed by atoms with Gasteiger partial charge in [0, 0.05) is 0 Å². The largest absolute Gasteiger partial charge is 0.394 e. The summed E-state index contributed by atoms with van der Waals surface area (Å²) >= 11 is 0. The maximum atomic E-state index is 10.9. The molecule has 0 fully saturated rings. The van der Waals surface area contributed by atoms with Crippen LogP contribution < -0.4 is 5.32 Å². The van der Waals surface area contributed by atoms with E-state index < -0.39 is 33.9 Å².